The van der Waals surface area contributed by atoms with Gasteiger partial charge in [-0.1, -0.05) is 23.2 Å². The molecule has 4 nitrogen and oxygen atoms in total. The molecule has 0 aliphatic rings. The molecule has 3 N–H and O–H groups in total. The predicted octanol–water partition coefficient (Wildman–Crippen LogP) is 2.26. The lowest BCUT2D eigenvalue weighted by Crippen LogP contribution is -2.31. The third-order valence-electron chi connectivity index (χ3n) is 1.70. The Labute approximate surface area is 105 Å². The van der Waals surface area contributed by atoms with E-state index < -0.39 is 10.0 Å². The molecule has 0 fully saturated rings. The highest BCUT2D eigenvalue weighted by Crippen LogP contribution is 2.30. The van der Waals surface area contributed by atoms with Crippen LogP contribution in [0, 0.1) is 0 Å². The smallest absolute Gasteiger partial charge is 0.244 e. The number of rotatable bonds is 3. The second-order valence-electron chi connectivity index (χ2n) is 3.58. The van der Waals surface area contributed by atoms with Crippen LogP contribution in [0.5, 0.6) is 0 Å². The summed E-state index contributed by atoms with van der Waals surface area (Å²) < 4.78 is 26.2. The molecule has 7 heteroatoms. The fraction of sp³-hybridized carbons (Fsp3) is 0.333. The molecule has 0 atom stereocenters. The molecule has 0 unspecified atom stereocenters. The van der Waals surface area contributed by atoms with Gasteiger partial charge in [-0.05, 0) is 26.0 Å². The summed E-state index contributed by atoms with van der Waals surface area (Å²) in [4.78, 5) is -0.132. The molecule has 0 amide bonds. The zero-order valence-electron chi connectivity index (χ0n) is 8.79. The summed E-state index contributed by atoms with van der Waals surface area (Å²) in [6.45, 7) is 3.41. The van der Waals surface area contributed by atoms with Gasteiger partial charge in [0.15, 0.2) is 0 Å². The first-order valence-electron chi connectivity index (χ1n) is 4.51. The van der Waals surface area contributed by atoms with Crippen LogP contribution in [-0.2, 0) is 10.0 Å². The molecule has 0 saturated heterocycles. The maximum atomic E-state index is 11.9. The first-order chi connectivity index (χ1) is 7.24. The highest BCUT2D eigenvalue weighted by atomic mass is 35.5. The predicted molar refractivity (Wildman–Crippen MR) is 66.3 cm³/mol. The highest BCUT2D eigenvalue weighted by molar-refractivity contribution is 7.89. The molecule has 0 spiro atoms. The molecule has 0 aliphatic carbocycles. The van der Waals surface area contributed by atoms with Gasteiger partial charge < -0.3 is 5.73 Å². The van der Waals surface area contributed by atoms with E-state index in [0.29, 0.717) is 5.02 Å². The lowest BCUT2D eigenvalue weighted by molar-refractivity contribution is 0.570. The largest absolute Gasteiger partial charge is 0.398 e. The number of halogens is 2. The third kappa shape index (κ3) is 3.01. The second kappa shape index (κ2) is 4.79. The standard InChI is InChI=1S/C9H12Cl2N2O2S/c1-5(2)13-16(14,15)9-7(11)3-6(10)4-8(9)12/h3-5,13H,12H2,1-2H3. The fourth-order valence-electron chi connectivity index (χ4n) is 1.23. The molecule has 0 radical (unpaired) electrons. The van der Waals surface area contributed by atoms with Crippen LogP contribution in [0.4, 0.5) is 5.69 Å². The van der Waals surface area contributed by atoms with Crippen molar-refractivity contribution >= 4 is 38.9 Å². The molecule has 0 bridgehead atoms. The van der Waals surface area contributed by atoms with E-state index in [1.807, 2.05) is 0 Å². The maximum Gasteiger partial charge on any atom is 0.244 e. The zero-order chi connectivity index (χ0) is 12.5. The molecule has 0 aliphatic heterocycles. The number of nitrogens with one attached hydrogen (secondary N) is 1. The van der Waals surface area contributed by atoms with Crippen molar-refractivity contribution in [3.63, 3.8) is 0 Å². The number of hydrogen-bond acceptors (Lipinski definition) is 3. The van der Waals surface area contributed by atoms with Crippen molar-refractivity contribution in [2.24, 2.45) is 0 Å². The number of nitrogen functional groups attached to an aromatic ring is 1. The SMILES string of the molecule is CC(C)NS(=O)(=O)c1c(N)cc(Cl)cc1Cl. The lowest BCUT2D eigenvalue weighted by Gasteiger charge is -2.13. The molecule has 16 heavy (non-hydrogen) atoms. The van der Waals surface area contributed by atoms with Crippen LogP contribution in [0.2, 0.25) is 10.0 Å². The summed E-state index contributed by atoms with van der Waals surface area (Å²) in [5, 5.41) is 0.309. The first kappa shape index (κ1) is 13.6. The summed E-state index contributed by atoms with van der Waals surface area (Å²) in [6.07, 6.45) is 0. The van der Waals surface area contributed by atoms with Crippen molar-refractivity contribution in [2.75, 3.05) is 5.73 Å². The summed E-state index contributed by atoms with van der Waals surface area (Å²) in [5.41, 5.74) is 5.63. The van der Waals surface area contributed by atoms with Crippen LogP contribution in [0.1, 0.15) is 13.8 Å². The van der Waals surface area contributed by atoms with E-state index in [4.69, 9.17) is 28.9 Å². The number of sulfonamides is 1. The Hall–Kier alpha value is -0.490. The maximum absolute atomic E-state index is 11.9. The van der Waals surface area contributed by atoms with Crippen LogP contribution in [-0.4, -0.2) is 14.5 Å². The molecule has 1 aromatic carbocycles. The van der Waals surface area contributed by atoms with Crippen LogP contribution in [0.25, 0.3) is 0 Å². The van der Waals surface area contributed by atoms with Crippen molar-refractivity contribution in [3.05, 3.63) is 22.2 Å². The summed E-state index contributed by atoms with van der Waals surface area (Å²) >= 11 is 11.5. The van der Waals surface area contributed by atoms with Crippen LogP contribution in [0.15, 0.2) is 17.0 Å². The van der Waals surface area contributed by atoms with E-state index in [-0.39, 0.29) is 21.6 Å². The normalized spacial score (nSPS) is 12.1. The highest BCUT2D eigenvalue weighted by Gasteiger charge is 2.22. The summed E-state index contributed by atoms with van der Waals surface area (Å²) in [6, 6.07) is 2.45. The molecular weight excluding hydrogens is 271 g/mol. The van der Waals surface area contributed by atoms with Gasteiger partial charge in [-0.3, -0.25) is 0 Å². The Kier molecular flexibility index (Phi) is 4.07. The van der Waals surface area contributed by atoms with Crippen LogP contribution < -0.4 is 10.5 Å². The van der Waals surface area contributed by atoms with Crippen molar-refractivity contribution in [1.82, 2.24) is 4.72 Å². The van der Waals surface area contributed by atoms with E-state index in [2.05, 4.69) is 4.72 Å². The van der Waals surface area contributed by atoms with Gasteiger partial charge in [0.2, 0.25) is 10.0 Å². The first-order valence-corrected chi connectivity index (χ1v) is 6.75. The van der Waals surface area contributed by atoms with E-state index in [1.165, 1.54) is 12.1 Å². The number of nitrogens with two attached hydrogens (primary N) is 1. The molecule has 0 aromatic heterocycles. The van der Waals surface area contributed by atoms with Crippen LogP contribution in [0.3, 0.4) is 0 Å². The Morgan fingerprint density at radius 1 is 1.31 bits per heavy atom. The lowest BCUT2D eigenvalue weighted by atomic mass is 10.3. The molecule has 90 valence electrons. The number of hydrogen-bond donors (Lipinski definition) is 2. The van der Waals surface area contributed by atoms with Gasteiger partial charge in [-0.25, -0.2) is 13.1 Å². The van der Waals surface area contributed by atoms with E-state index in [1.54, 1.807) is 13.8 Å². The quantitative estimate of drug-likeness (QED) is 0.836. The Bertz CT molecular complexity index is 477. The minimum Gasteiger partial charge on any atom is -0.398 e. The Morgan fingerprint density at radius 3 is 2.31 bits per heavy atom. The Morgan fingerprint density at radius 2 is 1.88 bits per heavy atom. The molecular formula is C9H12Cl2N2O2S. The van der Waals surface area contributed by atoms with E-state index in [0.717, 1.165) is 0 Å². The summed E-state index contributed by atoms with van der Waals surface area (Å²) in [7, 11) is -3.70. The number of benzene rings is 1. The monoisotopic (exact) mass is 282 g/mol. The van der Waals surface area contributed by atoms with Crippen LogP contribution >= 0.6 is 23.2 Å². The average Bonchev–Trinajstić information content (AvgIpc) is 1.96. The second-order valence-corrected chi connectivity index (χ2v) is 6.08. The van der Waals surface area contributed by atoms with Crippen molar-refractivity contribution in [3.8, 4) is 0 Å². The molecule has 1 rings (SSSR count). The minimum atomic E-state index is -3.70. The van der Waals surface area contributed by atoms with Gasteiger partial charge in [0.1, 0.15) is 4.90 Å². The van der Waals surface area contributed by atoms with Gasteiger partial charge in [-0.15, -0.1) is 0 Å². The summed E-state index contributed by atoms with van der Waals surface area (Å²) in [5.74, 6) is 0. The Balaban J connectivity index is 3.34. The average molecular weight is 283 g/mol. The van der Waals surface area contributed by atoms with Gasteiger partial charge in [0, 0.05) is 11.1 Å². The topological polar surface area (TPSA) is 72.2 Å². The van der Waals surface area contributed by atoms with Gasteiger partial charge >= 0.3 is 0 Å². The molecule has 1 aromatic rings. The molecule has 0 saturated carbocycles. The van der Waals surface area contributed by atoms with Crippen molar-refractivity contribution in [2.45, 2.75) is 24.8 Å². The van der Waals surface area contributed by atoms with Gasteiger partial charge in [-0.2, -0.15) is 0 Å². The fourth-order valence-corrected chi connectivity index (χ4v) is 3.47. The van der Waals surface area contributed by atoms with E-state index >= 15 is 0 Å². The van der Waals surface area contributed by atoms with Gasteiger partial charge in [0.25, 0.3) is 0 Å². The number of anilines is 1. The van der Waals surface area contributed by atoms with E-state index in [9.17, 15) is 8.42 Å². The molecule has 0 heterocycles. The third-order valence-corrected chi connectivity index (χ3v) is 4.10. The van der Waals surface area contributed by atoms with Gasteiger partial charge in [0.05, 0.1) is 10.7 Å². The van der Waals surface area contributed by atoms with Crippen molar-refractivity contribution in [1.29, 1.82) is 0 Å². The van der Waals surface area contributed by atoms with Crippen molar-refractivity contribution < 1.29 is 8.42 Å². The zero-order valence-corrected chi connectivity index (χ0v) is 11.1. The minimum absolute atomic E-state index is 0.0122.